The zero-order chi connectivity index (χ0) is 18.9. The lowest BCUT2D eigenvalue weighted by atomic mass is 10.2. The predicted molar refractivity (Wildman–Crippen MR) is 106 cm³/mol. The summed E-state index contributed by atoms with van der Waals surface area (Å²) in [5.41, 5.74) is 1.35. The van der Waals surface area contributed by atoms with Crippen LogP contribution in [0, 0.1) is 0 Å². The smallest absolute Gasteiger partial charge is 0.234 e. The van der Waals surface area contributed by atoms with E-state index in [0.29, 0.717) is 16.6 Å². The van der Waals surface area contributed by atoms with Crippen LogP contribution in [0.1, 0.15) is 18.5 Å². The monoisotopic (exact) mass is 422 g/mol. The van der Waals surface area contributed by atoms with Crippen LogP contribution in [-0.2, 0) is 15.6 Å². The van der Waals surface area contributed by atoms with Crippen molar-refractivity contribution >= 4 is 37.6 Å². The zero-order valence-corrected chi connectivity index (χ0v) is 17.1. The molecule has 1 aliphatic rings. The summed E-state index contributed by atoms with van der Waals surface area (Å²) >= 11 is 2.53. The summed E-state index contributed by atoms with van der Waals surface area (Å²) in [6.45, 7) is 1.81. The van der Waals surface area contributed by atoms with Gasteiger partial charge < -0.3 is 9.64 Å². The van der Waals surface area contributed by atoms with Gasteiger partial charge in [-0.05, 0) is 25.0 Å². The number of aromatic nitrogens is 3. The highest BCUT2D eigenvalue weighted by Gasteiger charge is 2.25. The standard InChI is InChI=1S/C17H18N4O3S3/c1-24-14-7-3-2-6-13(14)15-18-12(10-25-15)11-27(22,23)17-20-19-16(26-17)21-8-4-5-9-21/h2-3,6-7,10H,4-5,8-9,11H2,1H3. The largest absolute Gasteiger partial charge is 0.496 e. The molecule has 0 atom stereocenters. The Bertz CT molecular complexity index is 1040. The highest BCUT2D eigenvalue weighted by atomic mass is 32.2. The molecule has 142 valence electrons. The van der Waals surface area contributed by atoms with Gasteiger partial charge in [-0.3, -0.25) is 0 Å². The molecule has 3 heterocycles. The third-order valence-electron chi connectivity index (χ3n) is 4.27. The molecule has 2 aromatic heterocycles. The molecule has 0 aliphatic carbocycles. The molecule has 0 unspecified atom stereocenters. The highest BCUT2D eigenvalue weighted by Crippen LogP contribution is 2.33. The third-order valence-corrected chi connectivity index (χ3v) is 8.27. The van der Waals surface area contributed by atoms with Gasteiger partial charge in [0.05, 0.1) is 18.4 Å². The van der Waals surface area contributed by atoms with E-state index in [-0.39, 0.29) is 10.1 Å². The van der Waals surface area contributed by atoms with Gasteiger partial charge in [0.1, 0.15) is 16.5 Å². The van der Waals surface area contributed by atoms with Crippen molar-refractivity contribution < 1.29 is 13.2 Å². The van der Waals surface area contributed by atoms with Crippen LogP contribution in [0.25, 0.3) is 10.6 Å². The Balaban J connectivity index is 1.54. The molecule has 0 spiro atoms. The Labute approximate surface area is 165 Å². The van der Waals surface area contributed by atoms with Crippen molar-refractivity contribution in [3.63, 3.8) is 0 Å². The van der Waals surface area contributed by atoms with Gasteiger partial charge in [-0.25, -0.2) is 13.4 Å². The van der Waals surface area contributed by atoms with E-state index < -0.39 is 9.84 Å². The molecule has 0 radical (unpaired) electrons. The maximum Gasteiger partial charge on any atom is 0.234 e. The number of para-hydroxylation sites is 1. The zero-order valence-electron chi connectivity index (χ0n) is 14.7. The molecular weight excluding hydrogens is 404 g/mol. The van der Waals surface area contributed by atoms with Gasteiger partial charge in [0, 0.05) is 18.5 Å². The molecule has 7 nitrogen and oxygen atoms in total. The number of hydrogen-bond donors (Lipinski definition) is 0. The first-order valence-electron chi connectivity index (χ1n) is 8.46. The Morgan fingerprint density at radius 1 is 1.19 bits per heavy atom. The van der Waals surface area contributed by atoms with Gasteiger partial charge in [0.25, 0.3) is 0 Å². The average Bonchev–Trinajstić information content (AvgIpc) is 3.41. The van der Waals surface area contributed by atoms with Crippen LogP contribution in [0.15, 0.2) is 34.0 Å². The maximum absolute atomic E-state index is 12.7. The minimum absolute atomic E-state index is 0.0521. The topological polar surface area (TPSA) is 85.3 Å². The molecule has 3 aromatic rings. The Kier molecular flexibility index (Phi) is 5.11. The second-order valence-corrected chi connectivity index (χ2v) is 10.1. The lowest BCUT2D eigenvalue weighted by molar-refractivity contribution is 0.416. The number of rotatable bonds is 6. The number of methoxy groups -OCH3 is 1. The Morgan fingerprint density at radius 3 is 2.74 bits per heavy atom. The molecule has 1 fully saturated rings. The van der Waals surface area contributed by atoms with E-state index in [4.69, 9.17) is 4.74 Å². The lowest BCUT2D eigenvalue weighted by Crippen LogP contribution is -2.17. The normalized spacial score (nSPS) is 14.6. The van der Waals surface area contributed by atoms with Gasteiger partial charge >= 0.3 is 0 Å². The van der Waals surface area contributed by atoms with Crippen LogP contribution < -0.4 is 9.64 Å². The van der Waals surface area contributed by atoms with Crippen molar-refractivity contribution in [2.75, 3.05) is 25.1 Å². The fourth-order valence-corrected chi connectivity index (χ4v) is 6.26. The van der Waals surface area contributed by atoms with Gasteiger partial charge in [0.2, 0.25) is 19.3 Å². The number of thiazole rings is 1. The fourth-order valence-electron chi connectivity index (χ4n) is 2.94. The Hall–Kier alpha value is -2.04. The number of sulfone groups is 1. The van der Waals surface area contributed by atoms with Crippen LogP contribution in [0.4, 0.5) is 5.13 Å². The number of benzene rings is 1. The first-order chi connectivity index (χ1) is 13.1. The van der Waals surface area contributed by atoms with E-state index in [1.54, 1.807) is 12.5 Å². The Morgan fingerprint density at radius 2 is 1.96 bits per heavy atom. The molecule has 27 heavy (non-hydrogen) atoms. The second kappa shape index (κ2) is 7.53. The van der Waals surface area contributed by atoms with Crippen molar-refractivity contribution in [1.29, 1.82) is 0 Å². The molecule has 0 N–H and O–H groups in total. The van der Waals surface area contributed by atoms with Crippen molar-refractivity contribution in [2.24, 2.45) is 0 Å². The molecular formula is C17H18N4O3S3. The van der Waals surface area contributed by atoms with Crippen LogP contribution in [0.5, 0.6) is 5.75 Å². The van der Waals surface area contributed by atoms with Crippen molar-refractivity contribution in [3.05, 3.63) is 35.3 Å². The molecule has 0 bridgehead atoms. The van der Waals surface area contributed by atoms with Crippen LogP contribution >= 0.6 is 22.7 Å². The van der Waals surface area contributed by atoms with Crippen molar-refractivity contribution in [3.8, 4) is 16.3 Å². The molecule has 10 heteroatoms. The predicted octanol–water partition coefficient (Wildman–Crippen LogP) is 3.24. The lowest BCUT2D eigenvalue weighted by Gasteiger charge is -2.10. The van der Waals surface area contributed by atoms with E-state index in [2.05, 4.69) is 20.1 Å². The van der Waals surface area contributed by atoms with Crippen LogP contribution in [-0.4, -0.2) is 43.8 Å². The van der Waals surface area contributed by atoms with E-state index in [9.17, 15) is 8.42 Å². The number of ether oxygens (including phenoxy) is 1. The quantitative estimate of drug-likeness (QED) is 0.603. The molecule has 4 rings (SSSR count). The minimum atomic E-state index is -3.58. The minimum Gasteiger partial charge on any atom is -0.496 e. The van der Waals surface area contributed by atoms with E-state index >= 15 is 0 Å². The van der Waals surface area contributed by atoms with Gasteiger partial charge in [-0.1, -0.05) is 23.5 Å². The van der Waals surface area contributed by atoms with Gasteiger partial charge in [-0.2, -0.15) is 0 Å². The fraction of sp³-hybridized carbons (Fsp3) is 0.353. The number of hydrogen-bond acceptors (Lipinski definition) is 9. The first-order valence-corrected chi connectivity index (χ1v) is 11.8. The SMILES string of the molecule is COc1ccccc1-c1nc(CS(=O)(=O)c2nnc(N3CCCC3)s2)cs1. The summed E-state index contributed by atoms with van der Waals surface area (Å²) in [5.74, 6) is 0.522. The average molecular weight is 423 g/mol. The molecule has 0 saturated carbocycles. The van der Waals surface area contributed by atoms with Crippen LogP contribution in [0.3, 0.4) is 0 Å². The highest BCUT2D eigenvalue weighted by molar-refractivity contribution is 7.92. The van der Waals surface area contributed by atoms with Gasteiger partial charge in [0.15, 0.2) is 0 Å². The third kappa shape index (κ3) is 3.83. The van der Waals surface area contributed by atoms with Crippen LogP contribution in [0.2, 0.25) is 0 Å². The molecule has 1 aromatic carbocycles. The number of nitrogens with zero attached hydrogens (tertiary/aromatic N) is 4. The molecule has 1 aliphatic heterocycles. The van der Waals surface area contributed by atoms with E-state index in [1.165, 1.54) is 11.3 Å². The summed E-state index contributed by atoms with van der Waals surface area (Å²) in [6, 6.07) is 7.54. The van der Waals surface area contributed by atoms with Gasteiger partial charge in [-0.15, -0.1) is 21.5 Å². The van der Waals surface area contributed by atoms with Crippen molar-refractivity contribution in [1.82, 2.24) is 15.2 Å². The number of anilines is 1. The summed E-state index contributed by atoms with van der Waals surface area (Å²) in [7, 11) is -1.97. The van der Waals surface area contributed by atoms with E-state index in [0.717, 1.165) is 47.8 Å². The summed E-state index contributed by atoms with van der Waals surface area (Å²) in [6.07, 6.45) is 2.21. The first kappa shape index (κ1) is 18.3. The van der Waals surface area contributed by atoms with E-state index in [1.807, 2.05) is 24.3 Å². The molecule has 1 saturated heterocycles. The summed E-state index contributed by atoms with van der Waals surface area (Å²) < 4.78 is 30.9. The summed E-state index contributed by atoms with van der Waals surface area (Å²) in [4.78, 5) is 6.57. The maximum atomic E-state index is 12.7. The second-order valence-electron chi connectivity index (χ2n) is 6.15. The molecule has 0 amide bonds. The summed E-state index contributed by atoms with van der Waals surface area (Å²) in [5, 5.41) is 11.2. The van der Waals surface area contributed by atoms with Crippen molar-refractivity contribution in [2.45, 2.75) is 22.9 Å².